The molecule has 0 spiro atoms. The molecule has 1 fully saturated rings. The summed E-state index contributed by atoms with van der Waals surface area (Å²) in [5, 5.41) is 3.37. The maximum atomic E-state index is 5.87. The van der Waals surface area contributed by atoms with E-state index in [0.29, 0.717) is 18.5 Å². The van der Waals surface area contributed by atoms with Crippen LogP contribution in [0.3, 0.4) is 0 Å². The Balaban J connectivity index is 2.00. The predicted octanol–water partition coefficient (Wildman–Crippen LogP) is 2.15. The second-order valence-corrected chi connectivity index (χ2v) is 4.95. The molecular formula is C12H19ClN4O2. The van der Waals surface area contributed by atoms with Gasteiger partial charge in [0.25, 0.3) is 0 Å². The Kier molecular flexibility index (Phi) is 5.15. The van der Waals surface area contributed by atoms with Gasteiger partial charge in [0.15, 0.2) is 0 Å². The Morgan fingerprint density at radius 1 is 1.47 bits per heavy atom. The van der Waals surface area contributed by atoms with Gasteiger partial charge in [-0.15, -0.1) is 0 Å². The van der Waals surface area contributed by atoms with Crippen LogP contribution < -0.4 is 10.1 Å². The van der Waals surface area contributed by atoms with Gasteiger partial charge >= 0.3 is 6.01 Å². The summed E-state index contributed by atoms with van der Waals surface area (Å²) < 4.78 is 10.7. The first-order valence-corrected chi connectivity index (χ1v) is 6.95. The minimum absolute atomic E-state index is 0.137. The Bertz CT molecular complexity index is 413. The van der Waals surface area contributed by atoms with Crippen molar-refractivity contribution in [2.24, 2.45) is 5.92 Å². The molecule has 6 nitrogen and oxygen atoms in total. The topological polar surface area (TPSA) is 69.2 Å². The van der Waals surface area contributed by atoms with Crippen molar-refractivity contribution in [3.63, 3.8) is 0 Å². The minimum Gasteiger partial charge on any atom is -0.463 e. The molecule has 2 rings (SSSR count). The van der Waals surface area contributed by atoms with Gasteiger partial charge in [0.1, 0.15) is 0 Å². The number of ether oxygens (including phenoxy) is 2. The molecule has 1 aliphatic heterocycles. The molecule has 19 heavy (non-hydrogen) atoms. The molecule has 7 heteroatoms. The number of nitrogens with one attached hydrogen (secondary N) is 1. The molecule has 106 valence electrons. The number of rotatable bonds is 6. The smallest absolute Gasteiger partial charge is 0.322 e. The quantitative estimate of drug-likeness (QED) is 0.864. The zero-order valence-electron chi connectivity index (χ0n) is 11.2. The lowest BCUT2D eigenvalue weighted by molar-refractivity contribution is 0.183. The van der Waals surface area contributed by atoms with Crippen molar-refractivity contribution in [1.29, 1.82) is 0 Å². The molecule has 0 aliphatic carbocycles. The van der Waals surface area contributed by atoms with Gasteiger partial charge in [-0.2, -0.15) is 15.0 Å². The van der Waals surface area contributed by atoms with E-state index in [2.05, 4.69) is 27.2 Å². The van der Waals surface area contributed by atoms with Gasteiger partial charge in [-0.1, -0.05) is 6.92 Å². The average molecular weight is 287 g/mol. The number of anilines is 1. The molecule has 2 unspecified atom stereocenters. The summed E-state index contributed by atoms with van der Waals surface area (Å²) in [4.78, 5) is 12.2. The highest BCUT2D eigenvalue weighted by molar-refractivity contribution is 6.28. The summed E-state index contributed by atoms with van der Waals surface area (Å²) in [5.41, 5.74) is 0. The van der Waals surface area contributed by atoms with Crippen molar-refractivity contribution in [1.82, 2.24) is 15.0 Å². The van der Waals surface area contributed by atoms with Crippen LogP contribution in [0.1, 0.15) is 26.7 Å². The molecule has 0 bridgehead atoms. The summed E-state index contributed by atoms with van der Waals surface area (Å²) in [6.45, 7) is 6.26. The van der Waals surface area contributed by atoms with E-state index >= 15 is 0 Å². The third-order valence-corrected chi connectivity index (χ3v) is 3.22. The van der Waals surface area contributed by atoms with Gasteiger partial charge in [-0.25, -0.2) is 0 Å². The lowest BCUT2D eigenvalue weighted by Gasteiger charge is -2.19. The second kappa shape index (κ2) is 6.86. The molecule has 1 aromatic rings. The third kappa shape index (κ3) is 4.18. The van der Waals surface area contributed by atoms with Gasteiger partial charge in [0.2, 0.25) is 11.2 Å². The van der Waals surface area contributed by atoms with Crippen molar-refractivity contribution >= 4 is 17.5 Å². The van der Waals surface area contributed by atoms with Crippen molar-refractivity contribution in [3.8, 4) is 6.01 Å². The zero-order valence-corrected chi connectivity index (χ0v) is 12.0. The van der Waals surface area contributed by atoms with E-state index in [0.717, 1.165) is 26.1 Å². The van der Waals surface area contributed by atoms with E-state index in [4.69, 9.17) is 21.1 Å². The maximum absolute atomic E-state index is 5.87. The van der Waals surface area contributed by atoms with Crippen molar-refractivity contribution < 1.29 is 9.47 Å². The van der Waals surface area contributed by atoms with Gasteiger partial charge < -0.3 is 14.8 Å². The predicted molar refractivity (Wildman–Crippen MR) is 72.6 cm³/mol. The van der Waals surface area contributed by atoms with E-state index in [1.54, 1.807) is 0 Å². The van der Waals surface area contributed by atoms with Crippen molar-refractivity contribution in [2.75, 3.05) is 25.1 Å². The number of nitrogens with zero attached hydrogens (tertiary/aromatic N) is 3. The molecule has 2 heterocycles. The number of halogens is 1. The fraction of sp³-hybridized carbons (Fsp3) is 0.750. The molecule has 1 aromatic heterocycles. The molecule has 1 saturated heterocycles. The Hall–Kier alpha value is -1.14. The third-order valence-electron chi connectivity index (χ3n) is 3.05. The summed E-state index contributed by atoms with van der Waals surface area (Å²) in [6, 6.07) is 0.485. The summed E-state index contributed by atoms with van der Waals surface area (Å²) in [6.07, 6.45) is 1.94. The highest BCUT2D eigenvalue weighted by Crippen LogP contribution is 2.20. The van der Waals surface area contributed by atoms with Crippen LogP contribution in [-0.4, -0.2) is 40.8 Å². The second-order valence-electron chi connectivity index (χ2n) is 4.62. The highest BCUT2D eigenvalue weighted by atomic mass is 35.5. The van der Waals surface area contributed by atoms with E-state index in [1.165, 1.54) is 0 Å². The highest BCUT2D eigenvalue weighted by Gasteiger charge is 2.23. The molecule has 0 aromatic carbocycles. The zero-order chi connectivity index (χ0) is 13.7. The lowest BCUT2D eigenvalue weighted by atomic mass is 10.0. The summed E-state index contributed by atoms with van der Waals surface area (Å²) in [7, 11) is 0. The summed E-state index contributed by atoms with van der Waals surface area (Å²) >= 11 is 5.87. The summed E-state index contributed by atoms with van der Waals surface area (Å²) in [5.74, 6) is 0.918. The van der Waals surface area contributed by atoms with Crippen molar-refractivity contribution in [3.05, 3.63) is 5.28 Å². The first-order valence-electron chi connectivity index (χ1n) is 6.57. The van der Waals surface area contributed by atoms with Crippen LogP contribution in [-0.2, 0) is 4.74 Å². The normalized spacial score (nSPS) is 20.3. The minimum atomic E-state index is 0.137. The Morgan fingerprint density at radius 3 is 3.00 bits per heavy atom. The molecule has 1 aliphatic rings. The first kappa shape index (κ1) is 14.3. The van der Waals surface area contributed by atoms with Gasteiger partial charge in [0, 0.05) is 18.6 Å². The fourth-order valence-electron chi connectivity index (χ4n) is 1.92. The van der Waals surface area contributed by atoms with Crippen LogP contribution in [0.4, 0.5) is 5.95 Å². The fourth-order valence-corrected chi connectivity index (χ4v) is 2.08. The monoisotopic (exact) mass is 286 g/mol. The van der Waals surface area contributed by atoms with Crippen LogP contribution in [0.15, 0.2) is 0 Å². The molecular weight excluding hydrogens is 268 g/mol. The average Bonchev–Trinajstić information content (AvgIpc) is 2.89. The van der Waals surface area contributed by atoms with Gasteiger partial charge in [-0.05, 0) is 31.4 Å². The van der Waals surface area contributed by atoms with E-state index in [1.807, 2.05) is 6.92 Å². The lowest BCUT2D eigenvalue weighted by Crippen LogP contribution is -2.27. The number of hydrogen-bond donors (Lipinski definition) is 1. The van der Waals surface area contributed by atoms with Crippen LogP contribution in [0.5, 0.6) is 6.01 Å². The number of aromatic nitrogens is 3. The van der Waals surface area contributed by atoms with Crippen LogP contribution in [0.2, 0.25) is 5.28 Å². The van der Waals surface area contributed by atoms with Crippen molar-refractivity contribution in [2.45, 2.75) is 32.7 Å². The van der Waals surface area contributed by atoms with E-state index < -0.39 is 0 Å². The van der Waals surface area contributed by atoms with E-state index in [9.17, 15) is 0 Å². The van der Waals surface area contributed by atoms with Crippen LogP contribution in [0.25, 0.3) is 0 Å². The van der Waals surface area contributed by atoms with Gasteiger partial charge in [-0.3, -0.25) is 0 Å². The Labute approximate surface area is 117 Å². The Morgan fingerprint density at radius 2 is 2.32 bits per heavy atom. The first-order chi connectivity index (χ1) is 9.19. The largest absolute Gasteiger partial charge is 0.463 e. The molecule has 0 saturated carbocycles. The molecule has 2 atom stereocenters. The van der Waals surface area contributed by atoms with E-state index in [-0.39, 0.29) is 17.3 Å². The van der Waals surface area contributed by atoms with Crippen LogP contribution >= 0.6 is 11.6 Å². The standard InChI is InChI=1S/C12H19ClN4O2/c1-3-5-19-12-16-10(13)15-11(17-12)14-8(2)9-4-6-18-7-9/h8-9H,3-7H2,1-2H3,(H,14,15,16,17). The SMILES string of the molecule is CCCOc1nc(Cl)nc(NC(C)C2CCOC2)n1. The molecule has 0 radical (unpaired) electrons. The molecule has 1 N–H and O–H groups in total. The molecule has 0 amide bonds. The van der Waals surface area contributed by atoms with Gasteiger partial charge in [0.05, 0.1) is 13.2 Å². The van der Waals surface area contributed by atoms with Crippen LogP contribution in [0, 0.1) is 5.92 Å². The maximum Gasteiger partial charge on any atom is 0.322 e. The number of hydrogen-bond acceptors (Lipinski definition) is 6.